The Labute approximate surface area is 143 Å². The molecule has 0 radical (unpaired) electrons. The van der Waals surface area contributed by atoms with Crippen molar-refractivity contribution in [3.05, 3.63) is 29.8 Å². The number of aryl methyl sites for hydroxylation is 1. The monoisotopic (exact) mass is 333 g/mol. The van der Waals surface area contributed by atoms with E-state index in [1.54, 1.807) is 7.11 Å². The van der Waals surface area contributed by atoms with E-state index in [1.165, 1.54) is 5.56 Å². The summed E-state index contributed by atoms with van der Waals surface area (Å²) in [5.74, 6) is 1.18. The van der Waals surface area contributed by atoms with E-state index in [2.05, 4.69) is 6.92 Å². The molecule has 3 rings (SSSR count). The van der Waals surface area contributed by atoms with Gasteiger partial charge < -0.3 is 19.1 Å². The molecular formula is C19H27NO4. The summed E-state index contributed by atoms with van der Waals surface area (Å²) in [7, 11) is 1.71. The van der Waals surface area contributed by atoms with Crippen LogP contribution < -0.4 is 4.74 Å². The van der Waals surface area contributed by atoms with Gasteiger partial charge in [0.2, 0.25) is 5.91 Å². The fourth-order valence-corrected chi connectivity index (χ4v) is 3.43. The molecule has 0 spiro atoms. The summed E-state index contributed by atoms with van der Waals surface area (Å²) in [6, 6.07) is 8.01. The van der Waals surface area contributed by atoms with Crippen LogP contribution in [0, 0.1) is 12.8 Å². The molecule has 0 aromatic heterocycles. The van der Waals surface area contributed by atoms with Gasteiger partial charge in [-0.15, -0.1) is 0 Å². The average molecular weight is 333 g/mol. The Morgan fingerprint density at radius 3 is 2.67 bits per heavy atom. The largest absolute Gasteiger partial charge is 0.491 e. The minimum absolute atomic E-state index is 0.101. The van der Waals surface area contributed by atoms with Gasteiger partial charge in [0, 0.05) is 32.8 Å². The predicted molar refractivity (Wildman–Crippen MR) is 91.2 cm³/mol. The second-order valence-electron chi connectivity index (χ2n) is 6.89. The number of ether oxygens (including phenoxy) is 3. The molecule has 1 amide bonds. The Balaban J connectivity index is 1.57. The maximum Gasteiger partial charge on any atom is 0.225 e. The molecule has 2 saturated heterocycles. The molecule has 1 atom stereocenters. The Hall–Kier alpha value is -1.59. The molecule has 0 N–H and O–H groups in total. The third kappa shape index (κ3) is 3.90. The van der Waals surface area contributed by atoms with Gasteiger partial charge in [0.1, 0.15) is 18.0 Å². The van der Waals surface area contributed by atoms with E-state index in [-0.39, 0.29) is 11.8 Å². The first kappa shape index (κ1) is 17.2. The number of likely N-dealkylation sites (tertiary alicyclic amines) is 1. The molecule has 0 unspecified atom stereocenters. The number of rotatable bonds is 5. The van der Waals surface area contributed by atoms with Gasteiger partial charge in [0.05, 0.1) is 6.54 Å². The van der Waals surface area contributed by atoms with Crippen LogP contribution in [0.1, 0.15) is 24.8 Å². The minimum Gasteiger partial charge on any atom is -0.491 e. The van der Waals surface area contributed by atoms with Crippen LogP contribution in [0.5, 0.6) is 5.75 Å². The smallest absolute Gasteiger partial charge is 0.225 e. The van der Waals surface area contributed by atoms with Crippen molar-refractivity contribution in [1.82, 2.24) is 4.90 Å². The summed E-state index contributed by atoms with van der Waals surface area (Å²) in [6.07, 6.45) is 2.47. The summed E-state index contributed by atoms with van der Waals surface area (Å²) < 4.78 is 17.1. The van der Waals surface area contributed by atoms with Crippen LogP contribution in [-0.2, 0) is 14.3 Å². The van der Waals surface area contributed by atoms with Crippen LogP contribution in [0.25, 0.3) is 0 Å². The fourth-order valence-electron chi connectivity index (χ4n) is 3.43. The Bertz CT molecular complexity index is 553. The first-order valence-electron chi connectivity index (χ1n) is 8.73. The predicted octanol–water partition coefficient (Wildman–Crippen LogP) is 2.42. The zero-order valence-corrected chi connectivity index (χ0v) is 14.6. The summed E-state index contributed by atoms with van der Waals surface area (Å²) in [6.45, 7) is 5.24. The summed E-state index contributed by atoms with van der Waals surface area (Å²) in [5, 5.41) is 0. The molecule has 1 aromatic carbocycles. The van der Waals surface area contributed by atoms with Gasteiger partial charge in [-0.1, -0.05) is 17.7 Å². The molecule has 0 saturated carbocycles. The van der Waals surface area contributed by atoms with E-state index in [4.69, 9.17) is 14.2 Å². The van der Waals surface area contributed by atoms with Crippen molar-refractivity contribution in [2.24, 2.45) is 5.92 Å². The van der Waals surface area contributed by atoms with Gasteiger partial charge in [-0.2, -0.15) is 0 Å². The lowest BCUT2D eigenvalue weighted by Gasteiger charge is -2.30. The van der Waals surface area contributed by atoms with E-state index < -0.39 is 5.60 Å². The molecule has 24 heavy (non-hydrogen) atoms. The summed E-state index contributed by atoms with van der Waals surface area (Å²) in [4.78, 5) is 14.6. The third-order valence-corrected chi connectivity index (χ3v) is 5.15. The maximum absolute atomic E-state index is 12.7. The highest BCUT2D eigenvalue weighted by Crippen LogP contribution is 2.29. The van der Waals surface area contributed by atoms with Gasteiger partial charge in [-0.25, -0.2) is 0 Å². The SMILES string of the molecule is CO[C@@]1(COc2ccc(C)cc2)CCN(C(=O)C2CCOCC2)C1. The van der Waals surface area contributed by atoms with Crippen LogP contribution in [0.15, 0.2) is 24.3 Å². The normalized spacial score (nSPS) is 25.0. The summed E-state index contributed by atoms with van der Waals surface area (Å²) in [5.41, 5.74) is 0.795. The van der Waals surface area contributed by atoms with Crippen molar-refractivity contribution in [2.45, 2.75) is 31.8 Å². The number of benzene rings is 1. The molecule has 0 aliphatic carbocycles. The number of nitrogens with zero attached hydrogens (tertiary/aromatic N) is 1. The van der Waals surface area contributed by atoms with E-state index in [0.29, 0.717) is 26.4 Å². The number of hydrogen-bond acceptors (Lipinski definition) is 4. The van der Waals surface area contributed by atoms with E-state index in [1.807, 2.05) is 29.2 Å². The standard InChI is InChI=1S/C19H27NO4/c1-15-3-5-17(6-4-15)24-14-19(22-2)9-10-20(13-19)18(21)16-7-11-23-12-8-16/h3-6,16H,7-14H2,1-2H3/t19-/m0/s1. The first-order chi connectivity index (χ1) is 11.6. The zero-order chi connectivity index (χ0) is 17.0. The van der Waals surface area contributed by atoms with E-state index in [9.17, 15) is 4.79 Å². The minimum atomic E-state index is -0.411. The van der Waals surface area contributed by atoms with Crippen LogP contribution >= 0.6 is 0 Å². The number of carbonyl (C=O) groups is 1. The molecule has 132 valence electrons. The lowest BCUT2D eigenvalue weighted by Crippen LogP contribution is -2.44. The number of amides is 1. The molecule has 2 heterocycles. The van der Waals surface area contributed by atoms with Crippen LogP contribution in [0.4, 0.5) is 0 Å². The number of hydrogen-bond donors (Lipinski definition) is 0. The lowest BCUT2D eigenvalue weighted by molar-refractivity contribution is -0.139. The molecule has 5 nitrogen and oxygen atoms in total. The second-order valence-corrected chi connectivity index (χ2v) is 6.89. The Morgan fingerprint density at radius 2 is 2.00 bits per heavy atom. The lowest BCUT2D eigenvalue weighted by atomic mass is 9.98. The van der Waals surface area contributed by atoms with Crippen LogP contribution in [0.3, 0.4) is 0 Å². The van der Waals surface area contributed by atoms with Crippen molar-refractivity contribution in [2.75, 3.05) is 40.0 Å². The Kier molecular flexibility index (Phi) is 5.41. The number of methoxy groups -OCH3 is 1. The van der Waals surface area contributed by atoms with E-state index >= 15 is 0 Å². The average Bonchev–Trinajstić information content (AvgIpc) is 3.06. The molecule has 1 aromatic rings. The van der Waals surface area contributed by atoms with Crippen molar-refractivity contribution in [1.29, 1.82) is 0 Å². The molecular weight excluding hydrogens is 306 g/mol. The highest BCUT2D eigenvalue weighted by atomic mass is 16.5. The molecule has 2 aliphatic heterocycles. The quantitative estimate of drug-likeness (QED) is 0.830. The fraction of sp³-hybridized carbons (Fsp3) is 0.632. The van der Waals surface area contributed by atoms with Crippen LogP contribution in [-0.4, -0.2) is 56.4 Å². The number of carbonyl (C=O) groups excluding carboxylic acids is 1. The molecule has 0 bridgehead atoms. The van der Waals surface area contributed by atoms with Crippen molar-refractivity contribution in [3.63, 3.8) is 0 Å². The Morgan fingerprint density at radius 1 is 1.29 bits per heavy atom. The molecule has 2 fully saturated rings. The zero-order valence-electron chi connectivity index (χ0n) is 14.6. The maximum atomic E-state index is 12.7. The van der Waals surface area contributed by atoms with Gasteiger partial charge in [-0.05, 0) is 38.3 Å². The van der Waals surface area contributed by atoms with Gasteiger partial charge >= 0.3 is 0 Å². The van der Waals surface area contributed by atoms with Crippen molar-refractivity contribution < 1.29 is 19.0 Å². The van der Waals surface area contributed by atoms with Gasteiger partial charge in [0.25, 0.3) is 0 Å². The van der Waals surface area contributed by atoms with Crippen molar-refractivity contribution in [3.8, 4) is 5.75 Å². The van der Waals surface area contributed by atoms with Crippen LogP contribution in [0.2, 0.25) is 0 Å². The summed E-state index contributed by atoms with van der Waals surface area (Å²) >= 11 is 0. The first-order valence-corrected chi connectivity index (χ1v) is 8.73. The third-order valence-electron chi connectivity index (χ3n) is 5.15. The highest BCUT2D eigenvalue weighted by molar-refractivity contribution is 5.79. The van der Waals surface area contributed by atoms with E-state index in [0.717, 1.165) is 31.6 Å². The van der Waals surface area contributed by atoms with Gasteiger partial charge in [-0.3, -0.25) is 4.79 Å². The van der Waals surface area contributed by atoms with Crippen molar-refractivity contribution >= 4 is 5.91 Å². The highest BCUT2D eigenvalue weighted by Gasteiger charge is 2.42. The van der Waals surface area contributed by atoms with Gasteiger partial charge in [0.15, 0.2) is 0 Å². The molecule has 2 aliphatic rings. The second kappa shape index (κ2) is 7.53. The molecule has 5 heteroatoms. The topological polar surface area (TPSA) is 48.0 Å².